The summed E-state index contributed by atoms with van der Waals surface area (Å²) in [5.41, 5.74) is 5.30. The first-order chi connectivity index (χ1) is 14.7. The fourth-order valence-corrected chi connectivity index (χ4v) is 2.78. The Morgan fingerprint density at radius 2 is 1.71 bits per heavy atom. The second-order valence-corrected chi connectivity index (χ2v) is 6.76. The molecule has 2 aromatic carbocycles. The van der Waals surface area contributed by atoms with Crippen molar-refractivity contribution in [3.8, 4) is 11.3 Å². The lowest BCUT2D eigenvalue weighted by atomic mass is 10.1. The third-order valence-electron chi connectivity index (χ3n) is 4.16. The molecule has 0 saturated carbocycles. The number of hydrogen-bond acceptors (Lipinski definition) is 4. The highest BCUT2D eigenvalue weighted by molar-refractivity contribution is 6.30. The quantitative estimate of drug-likeness (QED) is 0.464. The predicted molar refractivity (Wildman–Crippen MR) is 110 cm³/mol. The highest BCUT2D eigenvalue weighted by atomic mass is 35.5. The summed E-state index contributed by atoms with van der Waals surface area (Å²) < 4.78 is 40.1. The van der Waals surface area contributed by atoms with Crippen LogP contribution in [0.5, 0.6) is 0 Å². The molecule has 2 aromatic heterocycles. The third kappa shape index (κ3) is 5.39. The number of aromatic carboxylic acids is 1. The standard InChI is InChI=1S/C14H8F3N3O2.C7H8ClN/c15-14(16,17)11-6-9(8-4-2-1-3-5-8)18-12-7-10(13(21)22)19-20(11)12;8-7-3-1-6(5-9)2-4-7/h1-7H,(H,21,22);1-4H,5,9H2. The van der Waals surface area contributed by atoms with Crippen LogP contribution in [-0.4, -0.2) is 25.7 Å². The molecular weight excluding hydrogens is 433 g/mol. The molecule has 0 fully saturated rings. The Hall–Kier alpha value is -3.43. The van der Waals surface area contributed by atoms with Crippen LogP contribution in [0.4, 0.5) is 13.2 Å². The molecule has 0 spiro atoms. The molecule has 0 bridgehead atoms. The molecule has 6 nitrogen and oxygen atoms in total. The first-order valence-corrected chi connectivity index (χ1v) is 9.28. The molecule has 0 amide bonds. The Balaban J connectivity index is 0.000000254. The van der Waals surface area contributed by atoms with Crippen molar-refractivity contribution in [3.63, 3.8) is 0 Å². The molecule has 160 valence electrons. The van der Waals surface area contributed by atoms with E-state index in [2.05, 4.69) is 10.1 Å². The number of carbonyl (C=O) groups is 1. The summed E-state index contributed by atoms with van der Waals surface area (Å²) in [4.78, 5) is 15.0. The Labute approximate surface area is 179 Å². The molecule has 31 heavy (non-hydrogen) atoms. The Bertz CT molecular complexity index is 1190. The van der Waals surface area contributed by atoms with Crippen molar-refractivity contribution in [2.45, 2.75) is 12.7 Å². The Morgan fingerprint density at radius 1 is 1.06 bits per heavy atom. The van der Waals surface area contributed by atoms with Crippen molar-refractivity contribution < 1.29 is 23.1 Å². The average molecular weight is 449 g/mol. The van der Waals surface area contributed by atoms with Gasteiger partial charge in [0.05, 0.1) is 5.69 Å². The van der Waals surface area contributed by atoms with Crippen molar-refractivity contribution >= 4 is 23.2 Å². The molecule has 10 heteroatoms. The Morgan fingerprint density at radius 3 is 2.26 bits per heavy atom. The second kappa shape index (κ2) is 9.15. The summed E-state index contributed by atoms with van der Waals surface area (Å²) in [5, 5.41) is 13.1. The second-order valence-electron chi connectivity index (χ2n) is 6.33. The first kappa shape index (κ1) is 22.3. The van der Waals surface area contributed by atoms with Crippen LogP contribution < -0.4 is 5.73 Å². The van der Waals surface area contributed by atoms with Gasteiger partial charge in [-0.2, -0.15) is 18.3 Å². The van der Waals surface area contributed by atoms with Crippen LogP contribution >= 0.6 is 11.6 Å². The van der Waals surface area contributed by atoms with Gasteiger partial charge in [-0.3, -0.25) is 0 Å². The number of fused-ring (bicyclic) bond motifs is 1. The minimum atomic E-state index is -4.69. The normalized spacial score (nSPS) is 11.1. The van der Waals surface area contributed by atoms with Crippen LogP contribution in [0.15, 0.2) is 66.7 Å². The van der Waals surface area contributed by atoms with Crippen molar-refractivity contribution in [1.29, 1.82) is 0 Å². The summed E-state index contributed by atoms with van der Waals surface area (Å²) in [7, 11) is 0. The first-order valence-electron chi connectivity index (χ1n) is 8.90. The maximum absolute atomic E-state index is 13.2. The fraction of sp³-hybridized carbons (Fsp3) is 0.0952. The highest BCUT2D eigenvalue weighted by Crippen LogP contribution is 2.32. The van der Waals surface area contributed by atoms with Gasteiger partial charge in [0, 0.05) is 23.2 Å². The van der Waals surface area contributed by atoms with Crippen LogP contribution in [-0.2, 0) is 12.7 Å². The fourth-order valence-electron chi connectivity index (χ4n) is 2.66. The van der Waals surface area contributed by atoms with E-state index >= 15 is 0 Å². The van der Waals surface area contributed by atoms with Crippen LogP contribution in [0.1, 0.15) is 21.7 Å². The maximum atomic E-state index is 13.2. The zero-order valence-electron chi connectivity index (χ0n) is 15.8. The number of hydrogen-bond donors (Lipinski definition) is 2. The molecule has 0 radical (unpaired) electrons. The number of halogens is 4. The molecule has 2 heterocycles. The number of benzene rings is 2. The lowest BCUT2D eigenvalue weighted by Gasteiger charge is -2.10. The summed E-state index contributed by atoms with van der Waals surface area (Å²) >= 11 is 5.63. The molecule has 0 saturated heterocycles. The molecule has 0 aliphatic rings. The molecule has 4 aromatic rings. The highest BCUT2D eigenvalue weighted by Gasteiger charge is 2.35. The summed E-state index contributed by atoms with van der Waals surface area (Å²) in [5.74, 6) is -1.42. The Kier molecular flexibility index (Phi) is 6.57. The zero-order valence-corrected chi connectivity index (χ0v) is 16.6. The number of carboxylic acids is 1. The van der Waals surface area contributed by atoms with Crippen molar-refractivity contribution in [3.05, 3.63) is 88.7 Å². The van der Waals surface area contributed by atoms with Crippen LogP contribution in [0.2, 0.25) is 5.02 Å². The number of alkyl halides is 3. The van der Waals surface area contributed by atoms with E-state index in [-0.39, 0.29) is 11.3 Å². The van der Waals surface area contributed by atoms with E-state index < -0.39 is 23.5 Å². The van der Waals surface area contributed by atoms with E-state index in [0.29, 0.717) is 16.6 Å². The number of aromatic nitrogens is 3. The lowest BCUT2D eigenvalue weighted by Crippen LogP contribution is -2.14. The minimum absolute atomic E-state index is 0.0947. The van der Waals surface area contributed by atoms with Gasteiger partial charge in [-0.25, -0.2) is 14.3 Å². The van der Waals surface area contributed by atoms with Crippen LogP contribution in [0, 0.1) is 0 Å². The van der Waals surface area contributed by atoms with Crippen LogP contribution in [0.3, 0.4) is 0 Å². The molecule has 0 unspecified atom stereocenters. The average Bonchev–Trinajstić information content (AvgIpc) is 3.18. The van der Waals surface area contributed by atoms with E-state index in [9.17, 15) is 18.0 Å². The van der Waals surface area contributed by atoms with Gasteiger partial charge in [-0.1, -0.05) is 54.1 Å². The van der Waals surface area contributed by atoms with Gasteiger partial charge < -0.3 is 10.8 Å². The molecule has 0 atom stereocenters. The summed E-state index contributed by atoms with van der Waals surface area (Å²) in [6, 6.07) is 17.7. The monoisotopic (exact) mass is 448 g/mol. The topological polar surface area (TPSA) is 93.5 Å². The number of nitrogens with two attached hydrogens (primary N) is 1. The predicted octanol–water partition coefficient (Wildman–Crippen LogP) is 4.91. The van der Waals surface area contributed by atoms with Crippen molar-refractivity contribution in [2.75, 3.05) is 0 Å². The molecule has 3 N–H and O–H groups in total. The van der Waals surface area contributed by atoms with Crippen molar-refractivity contribution in [2.24, 2.45) is 5.73 Å². The van der Waals surface area contributed by atoms with Gasteiger partial charge in [0.15, 0.2) is 17.0 Å². The minimum Gasteiger partial charge on any atom is -0.476 e. The van der Waals surface area contributed by atoms with E-state index in [1.807, 2.05) is 24.3 Å². The third-order valence-corrected chi connectivity index (χ3v) is 4.41. The molecule has 0 aliphatic carbocycles. The lowest BCUT2D eigenvalue weighted by molar-refractivity contribution is -0.142. The SMILES string of the molecule is NCc1ccc(Cl)cc1.O=C(O)c1cc2nc(-c3ccccc3)cc(C(F)(F)F)n2n1. The largest absolute Gasteiger partial charge is 0.476 e. The summed E-state index contributed by atoms with van der Waals surface area (Å²) in [6.07, 6.45) is -4.69. The van der Waals surface area contributed by atoms with E-state index in [4.69, 9.17) is 22.4 Å². The van der Waals surface area contributed by atoms with E-state index in [1.54, 1.807) is 30.3 Å². The van der Waals surface area contributed by atoms with Gasteiger partial charge in [0.2, 0.25) is 0 Å². The zero-order chi connectivity index (χ0) is 22.6. The number of rotatable bonds is 3. The van der Waals surface area contributed by atoms with E-state index in [0.717, 1.165) is 22.7 Å². The van der Waals surface area contributed by atoms with Gasteiger partial charge in [0.25, 0.3) is 0 Å². The number of carboxylic acid groups (broad SMARTS) is 1. The number of nitrogens with zero attached hydrogens (tertiary/aromatic N) is 3. The molecule has 0 aliphatic heterocycles. The maximum Gasteiger partial charge on any atom is 0.433 e. The molecule has 4 rings (SSSR count). The van der Waals surface area contributed by atoms with Crippen LogP contribution in [0.25, 0.3) is 16.9 Å². The van der Waals surface area contributed by atoms with Crippen molar-refractivity contribution in [1.82, 2.24) is 14.6 Å². The smallest absolute Gasteiger partial charge is 0.433 e. The van der Waals surface area contributed by atoms with Gasteiger partial charge in [-0.05, 0) is 23.8 Å². The van der Waals surface area contributed by atoms with Gasteiger partial charge >= 0.3 is 12.1 Å². The van der Waals surface area contributed by atoms with E-state index in [1.165, 1.54) is 0 Å². The van der Waals surface area contributed by atoms with Gasteiger partial charge in [0.1, 0.15) is 0 Å². The van der Waals surface area contributed by atoms with Gasteiger partial charge in [-0.15, -0.1) is 0 Å². The summed E-state index contributed by atoms with van der Waals surface area (Å²) in [6.45, 7) is 0.581. The molecular formula is C21H16ClF3N4O2.